The zero-order chi connectivity index (χ0) is 17.4. The second-order valence-electron chi connectivity index (χ2n) is 6.46. The summed E-state index contributed by atoms with van der Waals surface area (Å²) in [5.74, 6) is 0.439. The first-order chi connectivity index (χ1) is 11.6. The predicted molar refractivity (Wildman–Crippen MR) is 99.7 cm³/mol. The molecule has 3 nitrogen and oxygen atoms in total. The summed E-state index contributed by atoms with van der Waals surface area (Å²) in [5.41, 5.74) is 3.68. The highest BCUT2D eigenvalue weighted by molar-refractivity contribution is 5.78. The topological polar surface area (TPSA) is 41.1 Å². The Hall–Kier alpha value is -2.13. The molecule has 0 aliphatic heterocycles. The Morgan fingerprint density at radius 1 is 0.958 bits per heavy atom. The molecule has 2 N–H and O–H groups in total. The van der Waals surface area contributed by atoms with Crippen molar-refractivity contribution in [3.05, 3.63) is 71.3 Å². The van der Waals surface area contributed by atoms with Gasteiger partial charge in [0, 0.05) is 12.6 Å². The van der Waals surface area contributed by atoms with E-state index in [0.717, 1.165) is 12.0 Å². The molecule has 2 aromatic carbocycles. The lowest BCUT2D eigenvalue weighted by Crippen LogP contribution is -2.37. The van der Waals surface area contributed by atoms with Crippen molar-refractivity contribution in [2.24, 2.45) is 5.92 Å². The van der Waals surface area contributed by atoms with Gasteiger partial charge in [-0.3, -0.25) is 4.79 Å². The van der Waals surface area contributed by atoms with E-state index in [9.17, 15) is 4.79 Å². The van der Waals surface area contributed by atoms with E-state index in [-0.39, 0.29) is 11.9 Å². The van der Waals surface area contributed by atoms with Crippen molar-refractivity contribution in [1.82, 2.24) is 10.6 Å². The number of hydrogen-bond acceptors (Lipinski definition) is 2. The molecule has 0 saturated heterocycles. The average molecular weight is 324 g/mol. The van der Waals surface area contributed by atoms with Gasteiger partial charge in [-0.2, -0.15) is 0 Å². The quantitative estimate of drug-likeness (QED) is 0.774. The number of hydrogen-bond donors (Lipinski definition) is 2. The Kier molecular flexibility index (Phi) is 7.01. The van der Waals surface area contributed by atoms with Gasteiger partial charge in [0.15, 0.2) is 0 Å². The standard InChI is InChI=1S/C21H28N2O/c1-4-17-10-12-19(13-11-17)21(16(2)3)23-15-20(24)22-14-18-8-6-5-7-9-18/h5-13,16,21,23H,4,14-15H2,1-3H3,(H,22,24)/t21-/m0/s1. The van der Waals surface area contributed by atoms with Crippen LogP contribution >= 0.6 is 0 Å². The molecule has 24 heavy (non-hydrogen) atoms. The minimum atomic E-state index is 0.0229. The number of benzene rings is 2. The molecule has 0 heterocycles. The maximum atomic E-state index is 12.1. The van der Waals surface area contributed by atoms with Gasteiger partial charge in [0.2, 0.25) is 5.91 Å². The number of carbonyl (C=O) groups is 1. The van der Waals surface area contributed by atoms with E-state index in [1.807, 2.05) is 30.3 Å². The van der Waals surface area contributed by atoms with Crippen molar-refractivity contribution in [1.29, 1.82) is 0 Å². The molecule has 0 fully saturated rings. The largest absolute Gasteiger partial charge is 0.351 e. The maximum absolute atomic E-state index is 12.1. The van der Waals surface area contributed by atoms with Crippen LogP contribution in [0.4, 0.5) is 0 Å². The van der Waals surface area contributed by atoms with Crippen LogP contribution in [-0.2, 0) is 17.8 Å². The smallest absolute Gasteiger partial charge is 0.234 e. The van der Waals surface area contributed by atoms with Crippen LogP contribution in [-0.4, -0.2) is 12.5 Å². The van der Waals surface area contributed by atoms with Crippen molar-refractivity contribution < 1.29 is 4.79 Å². The molecular weight excluding hydrogens is 296 g/mol. The van der Waals surface area contributed by atoms with Crippen LogP contribution in [0, 0.1) is 5.92 Å². The van der Waals surface area contributed by atoms with Crippen LogP contribution in [0.5, 0.6) is 0 Å². The van der Waals surface area contributed by atoms with Gasteiger partial charge in [-0.15, -0.1) is 0 Å². The monoisotopic (exact) mass is 324 g/mol. The van der Waals surface area contributed by atoms with E-state index >= 15 is 0 Å². The molecule has 0 unspecified atom stereocenters. The van der Waals surface area contributed by atoms with Crippen molar-refractivity contribution in [2.45, 2.75) is 39.8 Å². The molecule has 0 saturated carbocycles. The van der Waals surface area contributed by atoms with Crippen LogP contribution in [0.25, 0.3) is 0 Å². The molecule has 1 amide bonds. The van der Waals surface area contributed by atoms with E-state index in [1.165, 1.54) is 11.1 Å². The highest BCUT2D eigenvalue weighted by Gasteiger charge is 2.16. The molecule has 3 heteroatoms. The second-order valence-corrected chi connectivity index (χ2v) is 6.46. The third-order valence-electron chi connectivity index (χ3n) is 4.23. The molecule has 2 aromatic rings. The lowest BCUT2D eigenvalue weighted by molar-refractivity contribution is -0.120. The lowest BCUT2D eigenvalue weighted by atomic mass is 9.95. The first kappa shape index (κ1) is 18.2. The van der Waals surface area contributed by atoms with Crippen molar-refractivity contribution in [2.75, 3.05) is 6.54 Å². The van der Waals surface area contributed by atoms with Gasteiger partial charge in [-0.25, -0.2) is 0 Å². The van der Waals surface area contributed by atoms with E-state index in [1.54, 1.807) is 0 Å². The predicted octanol–water partition coefficient (Wildman–Crippen LogP) is 3.85. The minimum absolute atomic E-state index is 0.0229. The third kappa shape index (κ3) is 5.50. The van der Waals surface area contributed by atoms with Crippen LogP contribution in [0.1, 0.15) is 43.5 Å². The molecule has 0 radical (unpaired) electrons. The zero-order valence-electron chi connectivity index (χ0n) is 14.9. The number of aryl methyl sites for hydroxylation is 1. The van der Waals surface area contributed by atoms with E-state index < -0.39 is 0 Å². The summed E-state index contributed by atoms with van der Waals surface area (Å²) >= 11 is 0. The highest BCUT2D eigenvalue weighted by atomic mass is 16.1. The highest BCUT2D eigenvalue weighted by Crippen LogP contribution is 2.22. The Morgan fingerprint density at radius 2 is 1.62 bits per heavy atom. The summed E-state index contributed by atoms with van der Waals surface area (Å²) in [7, 11) is 0. The lowest BCUT2D eigenvalue weighted by Gasteiger charge is -2.23. The Balaban J connectivity index is 1.87. The summed E-state index contributed by atoms with van der Waals surface area (Å²) in [4.78, 5) is 12.1. The number of carbonyl (C=O) groups excluding carboxylic acids is 1. The normalized spacial score (nSPS) is 12.2. The van der Waals surface area contributed by atoms with Crippen LogP contribution in [0.3, 0.4) is 0 Å². The average Bonchev–Trinajstić information content (AvgIpc) is 2.61. The molecule has 2 rings (SSSR count). The fourth-order valence-electron chi connectivity index (χ4n) is 2.76. The van der Waals surface area contributed by atoms with Gasteiger partial charge in [-0.1, -0.05) is 75.4 Å². The van der Waals surface area contributed by atoms with Gasteiger partial charge in [0.25, 0.3) is 0 Å². The molecular formula is C21H28N2O. The van der Waals surface area contributed by atoms with Crippen molar-refractivity contribution >= 4 is 5.91 Å². The van der Waals surface area contributed by atoms with Crippen molar-refractivity contribution in [3.63, 3.8) is 0 Å². The second kappa shape index (κ2) is 9.24. The van der Waals surface area contributed by atoms with E-state index in [4.69, 9.17) is 0 Å². The van der Waals surface area contributed by atoms with Crippen LogP contribution in [0.2, 0.25) is 0 Å². The third-order valence-corrected chi connectivity index (χ3v) is 4.23. The molecule has 1 atom stereocenters. The summed E-state index contributed by atoms with van der Waals surface area (Å²) in [6.45, 7) is 7.40. The minimum Gasteiger partial charge on any atom is -0.351 e. The number of rotatable bonds is 8. The maximum Gasteiger partial charge on any atom is 0.234 e. The SMILES string of the molecule is CCc1ccc([C@@H](NCC(=O)NCc2ccccc2)C(C)C)cc1. The van der Waals surface area contributed by atoms with E-state index in [2.05, 4.69) is 55.7 Å². The van der Waals surface area contributed by atoms with Gasteiger partial charge < -0.3 is 10.6 Å². The van der Waals surface area contributed by atoms with Gasteiger partial charge in [0.05, 0.1) is 6.54 Å². The first-order valence-corrected chi connectivity index (χ1v) is 8.73. The molecule has 0 aromatic heterocycles. The van der Waals surface area contributed by atoms with Gasteiger partial charge in [0.1, 0.15) is 0 Å². The van der Waals surface area contributed by atoms with E-state index in [0.29, 0.717) is 19.0 Å². The Bertz CT molecular complexity index is 620. The zero-order valence-corrected chi connectivity index (χ0v) is 14.9. The van der Waals surface area contributed by atoms with Gasteiger partial charge >= 0.3 is 0 Å². The molecule has 0 aliphatic carbocycles. The molecule has 128 valence electrons. The Morgan fingerprint density at radius 3 is 2.21 bits per heavy atom. The van der Waals surface area contributed by atoms with Crippen LogP contribution < -0.4 is 10.6 Å². The summed E-state index contributed by atoms with van der Waals surface area (Å²) < 4.78 is 0. The van der Waals surface area contributed by atoms with Gasteiger partial charge in [-0.05, 0) is 29.0 Å². The fraction of sp³-hybridized carbons (Fsp3) is 0.381. The number of amides is 1. The molecule has 0 bridgehead atoms. The summed E-state index contributed by atoms with van der Waals surface area (Å²) in [5, 5.41) is 6.36. The molecule has 0 aliphatic rings. The summed E-state index contributed by atoms with van der Waals surface area (Å²) in [6, 6.07) is 18.8. The Labute approximate surface area is 145 Å². The summed E-state index contributed by atoms with van der Waals surface area (Å²) in [6.07, 6.45) is 1.04. The number of nitrogens with one attached hydrogen (secondary N) is 2. The molecule has 0 spiro atoms. The fourth-order valence-corrected chi connectivity index (χ4v) is 2.76. The van der Waals surface area contributed by atoms with Crippen molar-refractivity contribution in [3.8, 4) is 0 Å². The van der Waals surface area contributed by atoms with Crippen LogP contribution in [0.15, 0.2) is 54.6 Å². The first-order valence-electron chi connectivity index (χ1n) is 8.73.